The molecule has 2 aromatic rings. The Morgan fingerprint density at radius 2 is 2.50 bits per heavy atom. The Kier molecular flexibility index (Phi) is 2.52. The van der Waals surface area contributed by atoms with Gasteiger partial charge in [0.1, 0.15) is 5.65 Å². The molecule has 1 amide bonds. The number of rotatable bonds is 2. The van der Waals surface area contributed by atoms with Crippen molar-refractivity contribution in [3.05, 3.63) is 30.1 Å². The molecule has 3 heterocycles. The zero-order valence-corrected chi connectivity index (χ0v) is 9.89. The van der Waals surface area contributed by atoms with Gasteiger partial charge in [-0.3, -0.25) is 4.79 Å². The van der Waals surface area contributed by atoms with Crippen LogP contribution in [-0.2, 0) is 11.3 Å². The fraction of sp³-hybridized carbons (Fsp3) is 0.286. The molecule has 0 aliphatic carbocycles. The first-order chi connectivity index (χ1) is 8.78. The lowest BCUT2D eigenvalue weighted by atomic mass is 10.1. The van der Waals surface area contributed by atoms with Gasteiger partial charge in [0.05, 0.1) is 0 Å². The Bertz CT molecular complexity index is 638. The van der Waals surface area contributed by atoms with Crippen molar-refractivity contribution in [2.75, 3.05) is 6.54 Å². The van der Waals surface area contributed by atoms with E-state index >= 15 is 0 Å². The zero-order valence-electron chi connectivity index (χ0n) is 9.89. The number of hydrogen-bond acceptors (Lipinski definition) is 2. The predicted molar refractivity (Wildman–Crippen MR) is 68.5 cm³/mol. The molecule has 1 fully saturated rings. The molecule has 2 aromatic heterocycles. The summed E-state index contributed by atoms with van der Waals surface area (Å²) in [4.78, 5) is 21.0. The monoisotopic (exact) mass is 239 g/mol. The van der Waals surface area contributed by atoms with Gasteiger partial charge in [-0.25, -0.2) is 4.98 Å². The van der Waals surface area contributed by atoms with Crippen LogP contribution in [0.15, 0.2) is 24.5 Å². The van der Waals surface area contributed by atoms with E-state index in [0.29, 0.717) is 19.5 Å². The number of nitrogens with zero attached hydrogens (tertiary/aromatic N) is 2. The number of amides is 1. The van der Waals surface area contributed by atoms with Crippen LogP contribution in [0.5, 0.6) is 0 Å². The molecule has 18 heavy (non-hydrogen) atoms. The molecule has 1 N–H and O–H groups in total. The SMILES string of the molecule is C#CC1CC(=O)N(Cc2c[nH]c3ncccc23)C1. The number of aromatic amines is 1. The highest BCUT2D eigenvalue weighted by Gasteiger charge is 2.28. The highest BCUT2D eigenvalue weighted by atomic mass is 16.2. The van der Waals surface area contributed by atoms with Crippen molar-refractivity contribution in [2.45, 2.75) is 13.0 Å². The van der Waals surface area contributed by atoms with Crippen LogP contribution in [0.1, 0.15) is 12.0 Å². The number of terminal acetylenes is 1. The van der Waals surface area contributed by atoms with E-state index in [4.69, 9.17) is 6.42 Å². The lowest BCUT2D eigenvalue weighted by Gasteiger charge is -2.14. The molecular weight excluding hydrogens is 226 g/mol. The molecule has 90 valence electrons. The maximum Gasteiger partial charge on any atom is 0.224 e. The number of fused-ring (bicyclic) bond motifs is 1. The number of H-pyrrole nitrogens is 1. The summed E-state index contributed by atoms with van der Waals surface area (Å²) in [6.07, 6.45) is 9.51. The highest BCUT2D eigenvalue weighted by molar-refractivity contribution is 5.82. The van der Waals surface area contributed by atoms with Crippen LogP contribution in [0.4, 0.5) is 0 Å². The fourth-order valence-electron chi connectivity index (χ4n) is 2.39. The third kappa shape index (κ3) is 1.74. The van der Waals surface area contributed by atoms with Crippen molar-refractivity contribution in [3.63, 3.8) is 0 Å². The molecule has 1 saturated heterocycles. The minimum atomic E-state index is 0.0563. The summed E-state index contributed by atoms with van der Waals surface area (Å²) in [5.41, 5.74) is 1.94. The van der Waals surface area contributed by atoms with Gasteiger partial charge in [-0.15, -0.1) is 12.3 Å². The van der Waals surface area contributed by atoms with E-state index < -0.39 is 0 Å². The number of carbonyl (C=O) groups is 1. The van der Waals surface area contributed by atoms with Crippen molar-refractivity contribution in [2.24, 2.45) is 5.92 Å². The maximum absolute atomic E-state index is 11.8. The maximum atomic E-state index is 11.8. The number of likely N-dealkylation sites (tertiary alicyclic amines) is 1. The summed E-state index contributed by atoms with van der Waals surface area (Å²) in [6, 6.07) is 3.91. The third-order valence-electron chi connectivity index (χ3n) is 3.35. The molecule has 0 radical (unpaired) electrons. The first-order valence-corrected chi connectivity index (χ1v) is 5.93. The van der Waals surface area contributed by atoms with E-state index in [2.05, 4.69) is 15.9 Å². The highest BCUT2D eigenvalue weighted by Crippen LogP contribution is 2.22. The first-order valence-electron chi connectivity index (χ1n) is 5.93. The van der Waals surface area contributed by atoms with Crippen LogP contribution in [-0.4, -0.2) is 27.3 Å². The standard InChI is InChI=1S/C14H13N3O/c1-2-10-6-13(18)17(8-10)9-11-7-16-14-12(11)4-3-5-15-14/h1,3-5,7,10H,6,8-9H2,(H,15,16). The molecule has 0 aromatic carbocycles. The lowest BCUT2D eigenvalue weighted by molar-refractivity contribution is -0.128. The van der Waals surface area contributed by atoms with Crippen LogP contribution >= 0.6 is 0 Å². The van der Waals surface area contributed by atoms with Gasteiger partial charge in [0.25, 0.3) is 0 Å². The van der Waals surface area contributed by atoms with Crippen LogP contribution in [0.3, 0.4) is 0 Å². The second-order valence-electron chi connectivity index (χ2n) is 4.56. The topological polar surface area (TPSA) is 49.0 Å². The Labute approximate surface area is 105 Å². The Morgan fingerprint density at radius 1 is 1.61 bits per heavy atom. The Balaban J connectivity index is 1.85. The molecule has 1 atom stereocenters. The van der Waals surface area contributed by atoms with E-state index in [-0.39, 0.29) is 11.8 Å². The molecule has 1 aliphatic heterocycles. The zero-order chi connectivity index (χ0) is 12.5. The van der Waals surface area contributed by atoms with Gasteiger partial charge in [0.2, 0.25) is 5.91 Å². The molecule has 0 saturated carbocycles. The molecular formula is C14H13N3O. The van der Waals surface area contributed by atoms with E-state index in [1.165, 1.54) is 0 Å². The van der Waals surface area contributed by atoms with Gasteiger partial charge in [0, 0.05) is 43.2 Å². The van der Waals surface area contributed by atoms with Gasteiger partial charge < -0.3 is 9.88 Å². The molecule has 0 bridgehead atoms. The number of aromatic nitrogens is 2. The van der Waals surface area contributed by atoms with E-state index in [1.54, 1.807) is 6.20 Å². The van der Waals surface area contributed by atoms with Gasteiger partial charge in [-0.2, -0.15) is 0 Å². The van der Waals surface area contributed by atoms with Crippen LogP contribution in [0.25, 0.3) is 11.0 Å². The fourth-order valence-corrected chi connectivity index (χ4v) is 2.39. The molecule has 0 spiro atoms. The number of pyridine rings is 1. The molecule has 4 heteroatoms. The smallest absolute Gasteiger partial charge is 0.224 e. The third-order valence-corrected chi connectivity index (χ3v) is 3.35. The van der Waals surface area contributed by atoms with E-state index in [1.807, 2.05) is 23.2 Å². The number of carbonyl (C=O) groups excluding carboxylic acids is 1. The van der Waals surface area contributed by atoms with Crippen molar-refractivity contribution >= 4 is 16.9 Å². The van der Waals surface area contributed by atoms with Gasteiger partial charge in [-0.05, 0) is 17.7 Å². The van der Waals surface area contributed by atoms with Crippen LogP contribution in [0, 0.1) is 18.3 Å². The van der Waals surface area contributed by atoms with Crippen molar-refractivity contribution in [3.8, 4) is 12.3 Å². The summed E-state index contributed by atoms with van der Waals surface area (Å²) in [7, 11) is 0. The number of nitrogens with one attached hydrogen (secondary N) is 1. The largest absolute Gasteiger partial charge is 0.346 e. The summed E-state index contributed by atoms with van der Waals surface area (Å²) in [6.45, 7) is 1.25. The van der Waals surface area contributed by atoms with E-state index in [0.717, 1.165) is 16.6 Å². The van der Waals surface area contributed by atoms with Gasteiger partial charge in [0.15, 0.2) is 0 Å². The summed E-state index contributed by atoms with van der Waals surface area (Å²) < 4.78 is 0. The minimum absolute atomic E-state index is 0.0563. The Morgan fingerprint density at radius 3 is 3.28 bits per heavy atom. The normalized spacial score (nSPS) is 19.4. The summed E-state index contributed by atoms with van der Waals surface area (Å²) >= 11 is 0. The number of hydrogen-bond donors (Lipinski definition) is 1. The van der Waals surface area contributed by atoms with Crippen molar-refractivity contribution in [1.82, 2.24) is 14.9 Å². The Hall–Kier alpha value is -2.28. The summed E-state index contributed by atoms with van der Waals surface area (Å²) in [5.74, 6) is 2.85. The van der Waals surface area contributed by atoms with Crippen LogP contribution < -0.4 is 0 Å². The average molecular weight is 239 g/mol. The van der Waals surface area contributed by atoms with Crippen molar-refractivity contribution in [1.29, 1.82) is 0 Å². The molecule has 1 unspecified atom stereocenters. The predicted octanol–water partition coefficient (Wildman–Crippen LogP) is 1.54. The molecule has 4 nitrogen and oxygen atoms in total. The second kappa shape index (κ2) is 4.19. The lowest BCUT2D eigenvalue weighted by Crippen LogP contribution is -2.24. The molecule has 3 rings (SSSR count). The van der Waals surface area contributed by atoms with Crippen molar-refractivity contribution < 1.29 is 4.79 Å². The average Bonchev–Trinajstić information content (AvgIpc) is 2.95. The van der Waals surface area contributed by atoms with Crippen LogP contribution in [0.2, 0.25) is 0 Å². The minimum Gasteiger partial charge on any atom is -0.346 e. The summed E-state index contributed by atoms with van der Waals surface area (Å²) in [5, 5.41) is 1.06. The quantitative estimate of drug-likeness (QED) is 0.808. The second-order valence-corrected chi connectivity index (χ2v) is 4.56. The van der Waals surface area contributed by atoms with Gasteiger partial charge in [-0.1, -0.05) is 0 Å². The van der Waals surface area contributed by atoms with E-state index in [9.17, 15) is 4.79 Å². The van der Waals surface area contributed by atoms with Gasteiger partial charge >= 0.3 is 0 Å². The molecule has 1 aliphatic rings. The first kappa shape index (κ1) is 10.8.